The highest BCUT2D eigenvalue weighted by Gasteiger charge is 1.85. The first kappa shape index (κ1) is 8.93. The molecule has 0 bridgehead atoms. The van der Waals surface area contributed by atoms with Crippen molar-refractivity contribution in [2.24, 2.45) is 5.84 Å². The van der Waals surface area contributed by atoms with Crippen molar-refractivity contribution in [3.05, 3.63) is 22.6 Å². The first-order valence-electron chi connectivity index (χ1n) is 2.35. The second kappa shape index (κ2) is 3.86. The summed E-state index contributed by atoms with van der Waals surface area (Å²) >= 11 is 0. The van der Waals surface area contributed by atoms with Crippen molar-refractivity contribution < 1.29 is 0 Å². The van der Waals surface area contributed by atoms with E-state index in [2.05, 4.69) is 15.4 Å². The molecule has 0 spiro atoms. The van der Waals surface area contributed by atoms with Crippen molar-refractivity contribution in [1.82, 2.24) is 9.97 Å². The SMILES string of the molecule is Cl.NNc1nccc(=O)[nH]1. The number of nitrogen functional groups attached to an aromatic ring is 1. The molecule has 1 aromatic rings. The van der Waals surface area contributed by atoms with Crippen LogP contribution in [0.4, 0.5) is 5.95 Å². The first-order valence-corrected chi connectivity index (χ1v) is 2.35. The molecule has 0 amide bonds. The molecule has 0 saturated carbocycles. The summed E-state index contributed by atoms with van der Waals surface area (Å²) in [6.45, 7) is 0. The molecule has 1 heterocycles. The molecule has 4 N–H and O–H groups in total. The second-order valence-corrected chi connectivity index (χ2v) is 1.43. The van der Waals surface area contributed by atoms with Crippen molar-refractivity contribution in [2.75, 3.05) is 5.43 Å². The van der Waals surface area contributed by atoms with E-state index < -0.39 is 0 Å². The summed E-state index contributed by atoms with van der Waals surface area (Å²) in [5.41, 5.74) is 1.98. The van der Waals surface area contributed by atoms with Crippen LogP contribution in [0.3, 0.4) is 0 Å². The average molecular weight is 163 g/mol. The minimum Gasteiger partial charge on any atom is -0.294 e. The highest BCUT2D eigenvalue weighted by atomic mass is 35.5. The van der Waals surface area contributed by atoms with Crippen LogP contribution in [0, 0.1) is 0 Å². The number of hydrogen-bond acceptors (Lipinski definition) is 4. The number of nitrogens with two attached hydrogens (primary N) is 1. The number of rotatable bonds is 1. The van der Waals surface area contributed by atoms with Gasteiger partial charge in [-0.15, -0.1) is 12.4 Å². The number of hydrazine groups is 1. The lowest BCUT2D eigenvalue weighted by Gasteiger charge is -1.93. The van der Waals surface area contributed by atoms with Crippen LogP contribution in [-0.2, 0) is 0 Å². The Morgan fingerprint density at radius 2 is 2.40 bits per heavy atom. The number of nitrogens with one attached hydrogen (secondary N) is 2. The van der Waals surface area contributed by atoms with Crippen molar-refractivity contribution in [2.45, 2.75) is 0 Å². The molecule has 0 radical (unpaired) electrons. The molecule has 0 fully saturated rings. The van der Waals surface area contributed by atoms with Crippen LogP contribution < -0.4 is 16.8 Å². The zero-order valence-corrected chi connectivity index (χ0v) is 5.81. The van der Waals surface area contributed by atoms with Crippen molar-refractivity contribution in [1.29, 1.82) is 0 Å². The zero-order chi connectivity index (χ0) is 6.69. The predicted octanol–water partition coefficient (Wildman–Crippen LogP) is -0.523. The number of anilines is 1. The van der Waals surface area contributed by atoms with E-state index in [0.717, 1.165) is 0 Å². The molecule has 0 unspecified atom stereocenters. The van der Waals surface area contributed by atoms with Gasteiger partial charge in [0.05, 0.1) is 0 Å². The molecular weight excluding hydrogens is 156 g/mol. The minimum absolute atomic E-state index is 0. The van der Waals surface area contributed by atoms with E-state index in [1.165, 1.54) is 12.3 Å². The van der Waals surface area contributed by atoms with Gasteiger partial charge in [-0.3, -0.25) is 15.2 Å². The quantitative estimate of drug-likeness (QED) is 0.383. The van der Waals surface area contributed by atoms with Gasteiger partial charge in [-0.25, -0.2) is 10.8 Å². The Kier molecular flexibility index (Phi) is 3.45. The zero-order valence-electron chi connectivity index (χ0n) is 5.00. The largest absolute Gasteiger partial charge is 0.294 e. The van der Waals surface area contributed by atoms with E-state index >= 15 is 0 Å². The van der Waals surface area contributed by atoms with Crippen LogP contribution >= 0.6 is 12.4 Å². The Hall–Kier alpha value is -1.07. The molecule has 1 rings (SSSR count). The summed E-state index contributed by atoms with van der Waals surface area (Å²) in [4.78, 5) is 16.5. The number of nitrogens with zero attached hydrogens (tertiary/aromatic N) is 1. The van der Waals surface area contributed by atoms with Gasteiger partial charge in [0.1, 0.15) is 0 Å². The molecule has 0 aliphatic carbocycles. The van der Waals surface area contributed by atoms with Crippen LogP contribution in [0.25, 0.3) is 0 Å². The summed E-state index contributed by atoms with van der Waals surface area (Å²) < 4.78 is 0. The molecule has 0 saturated heterocycles. The monoisotopic (exact) mass is 162 g/mol. The van der Waals surface area contributed by atoms with E-state index in [9.17, 15) is 4.79 Å². The maximum atomic E-state index is 10.5. The fourth-order valence-corrected chi connectivity index (χ4v) is 0.443. The van der Waals surface area contributed by atoms with Crippen LogP contribution in [0.5, 0.6) is 0 Å². The lowest BCUT2D eigenvalue weighted by molar-refractivity contribution is 1.08. The van der Waals surface area contributed by atoms with Crippen LogP contribution in [0.15, 0.2) is 17.1 Å². The molecule has 0 aliphatic rings. The van der Waals surface area contributed by atoms with Gasteiger partial charge in [0.2, 0.25) is 5.95 Å². The van der Waals surface area contributed by atoms with Gasteiger partial charge in [0.15, 0.2) is 0 Å². The van der Waals surface area contributed by atoms with Crippen molar-refractivity contribution >= 4 is 18.4 Å². The maximum Gasteiger partial charge on any atom is 0.252 e. The van der Waals surface area contributed by atoms with Gasteiger partial charge in [-0.1, -0.05) is 0 Å². The molecule has 56 valence electrons. The normalized spacial score (nSPS) is 8.10. The smallest absolute Gasteiger partial charge is 0.252 e. The summed E-state index contributed by atoms with van der Waals surface area (Å²) in [5.74, 6) is 5.20. The Labute approximate surface area is 63.0 Å². The third-order valence-corrected chi connectivity index (χ3v) is 0.808. The molecular formula is C4H7ClN4O. The first-order chi connectivity index (χ1) is 4.33. The predicted molar refractivity (Wildman–Crippen MR) is 39.9 cm³/mol. The number of aromatic amines is 1. The van der Waals surface area contributed by atoms with Crippen LogP contribution in [0.2, 0.25) is 0 Å². The molecule has 10 heavy (non-hydrogen) atoms. The van der Waals surface area contributed by atoms with E-state index in [0.29, 0.717) is 0 Å². The topological polar surface area (TPSA) is 83.8 Å². The number of aromatic nitrogens is 2. The third kappa shape index (κ3) is 2.04. The highest BCUT2D eigenvalue weighted by molar-refractivity contribution is 5.85. The van der Waals surface area contributed by atoms with E-state index in [1.807, 2.05) is 0 Å². The Morgan fingerprint density at radius 1 is 1.70 bits per heavy atom. The summed E-state index contributed by atoms with van der Waals surface area (Å²) in [6.07, 6.45) is 1.37. The summed E-state index contributed by atoms with van der Waals surface area (Å²) in [7, 11) is 0. The van der Waals surface area contributed by atoms with Gasteiger partial charge in [0.25, 0.3) is 5.56 Å². The molecule has 1 aromatic heterocycles. The van der Waals surface area contributed by atoms with Crippen LogP contribution in [0.1, 0.15) is 0 Å². The van der Waals surface area contributed by atoms with Gasteiger partial charge >= 0.3 is 0 Å². The van der Waals surface area contributed by atoms with Crippen molar-refractivity contribution in [3.8, 4) is 0 Å². The fraction of sp³-hybridized carbons (Fsp3) is 0. The van der Waals surface area contributed by atoms with Gasteiger partial charge in [-0.2, -0.15) is 0 Å². The van der Waals surface area contributed by atoms with E-state index in [4.69, 9.17) is 5.84 Å². The van der Waals surface area contributed by atoms with E-state index in [1.54, 1.807) is 0 Å². The fourth-order valence-electron chi connectivity index (χ4n) is 0.443. The molecule has 0 aromatic carbocycles. The Morgan fingerprint density at radius 3 is 2.80 bits per heavy atom. The lowest BCUT2D eigenvalue weighted by atomic mass is 10.7. The van der Waals surface area contributed by atoms with Crippen LogP contribution in [-0.4, -0.2) is 9.97 Å². The van der Waals surface area contributed by atoms with Gasteiger partial charge in [-0.05, 0) is 0 Å². The molecule has 0 aliphatic heterocycles. The van der Waals surface area contributed by atoms with Gasteiger partial charge < -0.3 is 0 Å². The highest BCUT2D eigenvalue weighted by Crippen LogP contribution is 1.83. The second-order valence-electron chi connectivity index (χ2n) is 1.43. The third-order valence-electron chi connectivity index (χ3n) is 0.808. The number of halogens is 1. The maximum absolute atomic E-state index is 10.5. The molecule has 0 atom stereocenters. The van der Waals surface area contributed by atoms with E-state index in [-0.39, 0.29) is 23.9 Å². The van der Waals surface area contributed by atoms with Gasteiger partial charge in [0, 0.05) is 12.3 Å². The minimum atomic E-state index is -0.224. The lowest BCUT2D eigenvalue weighted by Crippen LogP contribution is -2.15. The Balaban J connectivity index is 0.000000810. The van der Waals surface area contributed by atoms with Crippen molar-refractivity contribution in [3.63, 3.8) is 0 Å². The number of hydrogen-bond donors (Lipinski definition) is 3. The number of H-pyrrole nitrogens is 1. The standard InChI is InChI=1S/C4H6N4O.ClH/c5-8-4-6-2-1-3(9)7-4;/h1-2H,5H2,(H2,6,7,8,9);1H. The molecule has 6 heteroatoms. The summed E-state index contributed by atoms with van der Waals surface area (Å²) in [6, 6.07) is 1.31. The average Bonchev–Trinajstić information content (AvgIpc) is 1.88. The Bertz CT molecular complexity index is 247. The summed E-state index contributed by atoms with van der Waals surface area (Å²) in [5, 5.41) is 0. The molecule has 5 nitrogen and oxygen atoms in total.